The zero-order valence-corrected chi connectivity index (χ0v) is 6.79. The number of hydrogen-bond acceptors (Lipinski definition) is 4. The second-order valence-corrected chi connectivity index (χ2v) is 4.32. The van der Waals surface area contributed by atoms with Gasteiger partial charge in [-0.25, -0.2) is 0 Å². The third-order valence-electron chi connectivity index (χ3n) is 0.609. The molecule has 0 saturated heterocycles. The first-order valence-corrected chi connectivity index (χ1v) is 5.25. The minimum atomic E-state index is -3.91. The van der Waals surface area contributed by atoms with Crippen LogP contribution in [0, 0.1) is 0 Å². The molecule has 0 amide bonds. The molecular weight excluding hydrogens is 180 g/mol. The number of nitrogens with two attached hydrogens (primary N) is 1. The van der Waals surface area contributed by atoms with Gasteiger partial charge in [-0.05, 0) is 4.31 Å². The van der Waals surface area contributed by atoms with Gasteiger partial charge in [0.05, 0.1) is 6.16 Å². The Morgan fingerprint density at radius 1 is 1.70 bits per heavy atom. The SMILES string of the molecule is NCCP(=O)(O)O[P+](=O)O. The Labute approximate surface area is 58.5 Å². The molecule has 0 aromatic heterocycles. The lowest BCUT2D eigenvalue weighted by atomic mass is 10.8. The zero-order chi connectivity index (χ0) is 8.20. The van der Waals surface area contributed by atoms with Gasteiger partial charge in [-0.15, -0.1) is 4.89 Å². The van der Waals surface area contributed by atoms with Crippen LogP contribution in [0.1, 0.15) is 0 Å². The Morgan fingerprint density at radius 2 is 2.20 bits per heavy atom. The molecule has 8 heteroatoms. The molecule has 2 atom stereocenters. The standard InChI is InChI=1S/C2H7NO5P2/c3-1-2-10(6,7)8-9(4)5/h1-3H2,(H-,4,5,6,7)/p+1. The highest BCUT2D eigenvalue weighted by Crippen LogP contribution is 2.48. The largest absolute Gasteiger partial charge is 0.703 e. The van der Waals surface area contributed by atoms with Gasteiger partial charge in [0.15, 0.2) is 0 Å². The Balaban J connectivity index is 3.87. The van der Waals surface area contributed by atoms with Crippen LogP contribution in [0.25, 0.3) is 0 Å². The Bertz CT molecular complexity index is 169. The third kappa shape index (κ3) is 4.99. The van der Waals surface area contributed by atoms with E-state index < -0.39 is 15.9 Å². The molecule has 0 heterocycles. The first-order chi connectivity index (χ1) is 4.48. The van der Waals surface area contributed by atoms with Crippen molar-refractivity contribution in [3.05, 3.63) is 0 Å². The van der Waals surface area contributed by atoms with Crippen molar-refractivity contribution in [2.75, 3.05) is 12.7 Å². The van der Waals surface area contributed by atoms with Crippen molar-refractivity contribution in [3.63, 3.8) is 0 Å². The second kappa shape index (κ2) is 4.13. The number of hydrogen-bond donors (Lipinski definition) is 3. The van der Waals surface area contributed by atoms with Crippen LogP contribution in [0.15, 0.2) is 0 Å². The first kappa shape index (κ1) is 10.2. The molecule has 0 aromatic carbocycles. The summed E-state index contributed by atoms with van der Waals surface area (Å²) >= 11 is 0. The van der Waals surface area contributed by atoms with E-state index in [1.165, 1.54) is 0 Å². The fourth-order valence-corrected chi connectivity index (χ4v) is 1.84. The maximum atomic E-state index is 10.5. The molecule has 0 rings (SSSR count). The molecule has 6 nitrogen and oxygen atoms in total. The van der Waals surface area contributed by atoms with Gasteiger partial charge in [0.25, 0.3) is 0 Å². The van der Waals surface area contributed by atoms with Crippen LogP contribution in [0.4, 0.5) is 0 Å². The summed E-state index contributed by atoms with van der Waals surface area (Å²) in [4.78, 5) is 16.6. The maximum Gasteiger partial charge on any atom is 0.703 e. The molecule has 10 heavy (non-hydrogen) atoms. The van der Waals surface area contributed by atoms with Crippen LogP contribution < -0.4 is 5.73 Å². The zero-order valence-electron chi connectivity index (χ0n) is 5.01. The maximum absolute atomic E-state index is 10.5. The quantitative estimate of drug-likeness (QED) is 0.526. The molecule has 0 aliphatic carbocycles. The minimum absolute atomic E-state index is 0.0586. The van der Waals surface area contributed by atoms with Gasteiger partial charge < -0.3 is 10.6 Å². The summed E-state index contributed by atoms with van der Waals surface area (Å²) in [7, 11) is -6.93. The van der Waals surface area contributed by atoms with Gasteiger partial charge in [0.1, 0.15) is 0 Å². The molecule has 60 valence electrons. The lowest BCUT2D eigenvalue weighted by molar-refractivity contribution is 0.350. The van der Waals surface area contributed by atoms with Crippen molar-refractivity contribution in [2.45, 2.75) is 0 Å². The lowest BCUT2D eigenvalue weighted by Crippen LogP contribution is -2.05. The number of rotatable bonds is 4. The van der Waals surface area contributed by atoms with Crippen LogP contribution in [0.2, 0.25) is 0 Å². The van der Waals surface area contributed by atoms with Gasteiger partial charge in [-0.1, -0.05) is 0 Å². The van der Waals surface area contributed by atoms with E-state index in [-0.39, 0.29) is 12.7 Å². The van der Waals surface area contributed by atoms with Crippen LogP contribution in [-0.4, -0.2) is 22.5 Å². The van der Waals surface area contributed by atoms with E-state index in [4.69, 9.17) is 15.5 Å². The normalized spacial score (nSPS) is 18.1. The van der Waals surface area contributed by atoms with Gasteiger partial charge in [0, 0.05) is 11.1 Å². The van der Waals surface area contributed by atoms with Crippen LogP contribution in [0.3, 0.4) is 0 Å². The summed E-state index contributed by atoms with van der Waals surface area (Å²) in [5.41, 5.74) is 4.90. The highest BCUT2D eigenvalue weighted by Gasteiger charge is 2.31. The van der Waals surface area contributed by atoms with Gasteiger partial charge in [-0.3, -0.25) is 4.57 Å². The molecule has 2 unspecified atom stereocenters. The molecule has 0 aromatic rings. The van der Waals surface area contributed by atoms with Crippen LogP contribution in [0.5, 0.6) is 0 Å². The van der Waals surface area contributed by atoms with Crippen molar-refractivity contribution in [2.24, 2.45) is 5.73 Å². The highest BCUT2D eigenvalue weighted by molar-refractivity contribution is 7.59. The summed E-state index contributed by atoms with van der Waals surface area (Å²) in [5, 5.41) is 0. The summed E-state index contributed by atoms with van der Waals surface area (Å²) in [6, 6.07) is 0. The average Bonchev–Trinajstić information content (AvgIpc) is 1.59. The molecule has 0 saturated carbocycles. The Kier molecular flexibility index (Phi) is 4.20. The Hall–Kier alpha value is 0.170. The van der Waals surface area contributed by atoms with E-state index >= 15 is 0 Å². The summed E-state index contributed by atoms with van der Waals surface area (Å²) in [6.45, 7) is -0.0586. The minimum Gasteiger partial charge on any atom is -0.330 e. The molecule has 0 aliphatic heterocycles. The highest BCUT2D eigenvalue weighted by atomic mass is 31.2. The smallest absolute Gasteiger partial charge is 0.330 e. The molecule has 0 spiro atoms. The fraction of sp³-hybridized carbons (Fsp3) is 1.00. The fourth-order valence-electron chi connectivity index (χ4n) is 0.313. The predicted molar refractivity (Wildman–Crippen MR) is 34.7 cm³/mol. The van der Waals surface area contributed by atoms with Gasteiger partial charge >= 0.3 is 15.9 Å². The van der Waals surface area contributed by atoms with Crippen LogP contribution >= 0.6 is 15.9 Å². The van der Waals surface area contributed by atoms with Crippen molar-refractivity contribution in [1.82, 2.24) is 0 Å². The van der Waals surface area contributed by atoms with E-state index in [1.807, 2.05) is 0 Å². The molecule has 0 aliphatic rings. The second-order valence-electron chi connectivity index (χ2n) is 1.47. The van der Waals surface area contributed by atoms with E-state index in [0.29, 0.717) is 0 Å². The molecule has 0 fully saturated rings. The van der Waals surface area contributed by atoms with Crippen molar-refractivity contribution < 1.29 is 23.2 Å². The van der Waals surface area contributed by atoms with Crippen LogP contribution in [-0.2, 0) is 13.4 Å². The third-order valence-corrected chi connectivity index (χ3v) is 3.01. The van der Waals surface area contributed by atoms with Gasteiger partial charge in [-0.2, -0.15) is 0 Å². The predicted octanol–water partition coefficient (Wildman–Crippen LogP) is -0.203. The average molecular weight is 188 g/mol. The topological polar surface area (TPSA) is 110 Å². The molecule has 0 radical (unpaired) electrons. The van der Waals surface area contributed by atoms with E-state index in [0.717, 1.165) is 0 Å². The van der Waals surface area contributed by atoms with Gasteiger partial charge in [0.2, 0.25) is 0 Å². The summed E-state index contributed by atoms with van der Waals surface area (Å²) in [6.07, 6.45) is -0.311. The first-order valence-electron chi connectivity index (χ1n) is 2.35. The van der Waals surface area contributed by atoms with E-state index in [1.54, 1.807) is 0 Å². The van der Waals surface area contributed by atoms with Crippen molar-refractivity contribution in [3.8, 4) is 0 Å². The molecular formula is C2H8NO5P2+. The molecule has 0 bridgehead atoms. The Morgan fingerprint density at radius 3 is 2.50 bits per heavy atom. The summed E-state index contributed by atoms with van der Waals surface area (Å²) < 4.78 is 24.2. The summed E-state index contributed by atoms with van der Waals surface area (Å²) in [5.74, 6) is 0. The van der Waals surface area contributed by atoms with E-state index in [9.17, 15) is 9.13 Å². The molecule has 4 N–H and O–H groups in total. The monoisotopic (exact) mass is 188 g/mol. The van der Waals surface area contributed by atoms with Crippen molar-refractivity contribution in [1.29, 1.82) is 0 Å². The van der Waals surface area contributed by atoms with E-state index in [2.05, 4.69) is 4.31 Å². The van der Waals surface area contributed by atoms with Crippen molar-refractivity contribution >= 4 is 15.9 Å². The lowest BCUT2D eigenvalue weighted by Gasteiger charge is -1.98.